The van der Waals surface area contributed by atoms with Gasteiger partial charge in [-0.3, -0.25) is 4.79 Å². The molecular formula is C22H33N5O3. The third kappa shape index (κ3) is 9.58. The highest BCUT2D eigenvalue weighted by Gasteiger charge is 2.04. The average Bonchev–Trinajstić information content (AvgIpc) is 3.21. The van der Waals surface area contributed by atoms with Gasteiger partial charge in [0.05, 0.1) is 19.4 Å². The van der Waals surface area contributed by atoms with Gasteiger partial charge in [0.1, 0.15) is 12.4 Å². The van der Waals surface area contributed by atoms with Crippen molar-refractivity contribution >= 4 is 17.6 Å². The van der Waals surface area contributed by atoms with E-state index in [0.29, 0.717) is 26.3 Å². The molecule has 0 aliphatic rings. The van der Waals surface area contributed by atoms with Crippen LogP contribution >= 0.6 is 0 Å². The maximum absolute atomic E-state index is 11.9. The van der Waals surface area contributed by atoms with Crippen LogP contribution in [0.2, 0.25) is 0 Å². The summed E-state index contributed by atoms with van der Waals surface area (Å²) in [7, 11) is 3.73. The van der Waals surface area contributed by atoms with Gasteiger partial charge in [0.2, 0.25) is 5.91 Å². The molecule has 8 nitrogen and oxygen atoms in total. The van der Waals surface area contributed by atoms with E-state index in [1.807, 2.05) is 62.3 Å². The van der Waals surface area contributed by atoms with Gasteiger partial charge in [0.25, 0.3) is 0 Å². The van der Waals surface area contributed by atoms with E-state index in [2.05, 4.69) is 20.9 Å². The third-order valence-electron chi connectivity index (χ3n) is 4.02. The molecule has 0 unspecified atom stereocenters. The van der Waals surface area contributed by atoms with Gasteiger partial charge in [-0.25, -0.2) is 4.99 Å². The van der Waals surface area contributed by atoms with Crippen LogP contribution in [0.15, 0.2) is 52.1 Å². The maximum Gasteiger partial charge on any atom is 0.238 e. The zero-order valence-electron chi connectivity index (χ0n) is 18.1. The fourth-order valence-electron chi connectivity index (χ4n) is 2.70. The molecule has 1 amide bonds. The van der Waals surface area contributed by atoms with Gasteiger partial charge in [-0.2, -0.15) is 0 Å². The molecule has 0 aliphatic heterocycles. The Labute approximate surface area is 178 Å². The quantitative estimate of drug-likeness (QED) is 0.280. The van der Waals surface area contributed by atoms with Crippen molar-refractivity contribution in [2.45, 2.75) is 26.5 Å². The van der Waals surface area contributed by atoms with E-state index in [0.717, 1.165) is 42.5 Å². The van der Waals surface area contributed by atoms with Crippen LogP contribution in [-0.2, 0) is 22.7 Å². The lowest BCUT2D eigenvalue weighted by atomic mass is 10.2. The molecule has 30 heavy (non-hydrogen) atoms. The Morgan fingerprint density at radius 3 is 2.80 bits per heavy atom. The molecular weight excluding hydrogens is 382 g/mol. The van der Waals surface area contributed by atoms with Gasteiger partial charge in [-0.15, -0.1) is 0 Å². The molecule has 2 aromatic rings. The molecule has 0 saturated heterocycles. The summed E-state index contributed by atoms with van der Waals surface area (Å²) in [5.41, 5.74) is 1.80. The molecule has 1 heterocycles. The zero-order chi connectivity index (χ0) is 21.6. The number of guanidine groups is 1. The fraction of sp³-hybridized carbons (Fsp3) is 0.455. The van der Waals surface area contributed by atoms with Crippen LogP contribution in [0, 0.1) is 0 Å². The molecule has 0 bridgehead atoms. The summed E-state index contributed by atoms with van der Waals surface area (Å²) >= 11 is 0. The number of nitrogens with zero attached hydrogens (tertiary/aromatic N) is 2. The maximum atomic E-state index is 11.9. The Morgan fingerprint density at radius 2 is 2.07 bits per heavy atom. The van der Waals surface area contributed by atoms with Crippen molar-refractivity contribution in [3.05, 3.63) is 54.0 Å². The summed E-state index contributed by atoms with van der Waals surface area (Å²) in [5.74, 6) is 1.55. The molecule has 0 atom stereocenters. The van der Waals surface area contributed by atoms with E-state index in [1.54, 1.807) is 6.26 Å². The number of furan rings is 1. The second kappa shape index (κ2) is 13.4. The van der Waals surface area contributed by atoms with Gasteiger partial charge >= 0.3 is 0 Å². The largest absolute Gasteiger partial charge is 0.467 e. The standard InChI is InChI=1S/C22H33N5O3/c1-4-23-22(24-11-7-12-29-17-20-10-6-13-30-20)25-15-18-8-5-9-19(14-18)26-21(28)16-27(2)3/h5-6,8-10,13-14H,4,7,11-12,15-17H2,1-3H3,(H,26,28)(H2,23,24,25). The number of amides is 1. The molecule has 2 rings (SSSR count). The Balaban J connectivity index is 1.76. The first-order chi connectivity index (χ1) is 14.6. The molecule has 0 aliphatic carbocycles. The predicted octanol–water partition coefficient (Wildman–Crippen LogP) is 2.44. The molecule has 164 valence electrons. The Hall–Kier alpha value is -2.84. The molecule has 8 heteroatoms. The molecule has 1 aromatic heterocycles. The number of ether oxygens (including phenoxy) is 1. The summed E-state index contributed by atoms with van der Waals surface area (Å²) in [4.78, 5) is 18.4. The number of carbonyl (C=O) groups excluding carboxylic acids is 1. The smallest absolute Gasteiger partial charge is 0.238 e. The first kappa shape index (κ1) is 23.4. The van der Waals surface area contributed by atoms with Gasteiger partial charge in [-0.1, -0.05) is 12.1 Å². The second-order valence-corrected chi connectivity index (χ2v) is 7.09. The van der Waals surface area contributed by atoms with Crippen molar-refractivity contribution in [3.63, 3.8) is 0 Å². The number of aliphatic imine (C=N–C) groups is 1. The molecule has 0 radical (unpaired) electrons. The van der Waals surface area contributed by atoms with Crippen molar-refractivity contribution in [3.8, 4) is 0 Å². The molecule has 0 spiro atoms. The lowest BCUT2D eigenvalue weighted by Crippen LogP contribution is -2.38. The van der Waals surface area contributed by atoms with E-state index in [9.17, 15) is 4.79 Å². The zero-order valence-corrected chi connectivity index (χ0v) is 18.1. The first-order valence-electron chi connectivity index (χ1n) is 10.2. The van der Waals surface area contributed by atoms with E-state index in [-0.39, 0.29) is 5.91 Å². The van der Waals surface area contributed by atoms with Crippen molar-refractivity contribution in [2.75, 3.05) is 45.7 Å². The summed E-state index contributed by atoms with van der Waals surface area (Å²) in [6, 6.07) is 11.5. The minimum absolute atomic E-state index is 0.0371. The third-order valence-corrected chi connectivity index (χ3v) is 4.02. The van der Waals surface area contributed by atoms with Gasteiger partial charge < -0.3 is 30.0 Å². The van der Waals surface area contributed by atoms with Crippen LogP contribution in [0.4, 0.5) is 5.69 Å². The van der Waals surface area contributed by atoms with E-state index in [1.165, 1.54) is 0 Å². The van der Waals surface area contributed by atoms with Crippen LogP contribution in [-0.4, -0.2) is 57.1 Å². The number of benzene rings is 1. The SMILES string of the molecule is CCNC(=NCc1cccc(NC(=O)CN(C)C)c1)NCCCOCc1ccco1. The second-order valence-electron chi connectivity index (χ2n) is 7.09. The van der Waals surface area contributed by atoms with E-state index in [4.69, 9.17) is 9.15 Å². The van der Waals surface area contributed by atoms with Crippen molar-refractivity contribution < 1.29 is 13.9 Å². The minimum Gasteiger partial charge on any atom is -0.467 e. The Bertz CT molecular complexity index is 775. The van der Waals surface area contributed by atoms with Gasteiger partial charge in [0, 0.05) is 25.4 Å². The van der Waals surface area contributed by atoms with Crippen LogP contribution in [0.5, 0.6) is 0 Å². The fourth-order valence-corrected chi connectivity index (χ4v) is 2.70. The molecule has 3 N–H and O–H groups in total. The molecule has 0 fully saturated rings. The first-order valence-corrected chi connectivity index (χ1v) is 10.2. The van der Waals surface area contributed by atoms with Crippen LogP contribution in [0.25, 0.3) is 0 Å². The summed E-state index contributed by atoms with van der Waals surface area (Å²) < 4.78 is 10.8. The van der Waals surface area contributed by atoms with Crippen LogP contribution in [0.1, 0.15) is 24.7 Å². The average molecular weight is 416 g/mol. The Kier molecular flexibility index (Phi) is 10.5. The number of hydrogen-bond donors (Lipinski definition) is 3. The minimum atomic E-state index is -0.0371. The lowest BCUT2D eigenvalue weighted by molar-refractivity contribution is -0.116. The summed E-state index contributed by atoms with van der Waals surface area (Å²) in [6.07, 6.45) is 2.51. The number of carbonyl (C=O) groups is 1. The highest BCUT2D eigenvalue weighted by molar-refractivity contribution is 5.92. The molecule has 0 saturated carbocycles. The normalized spacial score (nSPS) is 11.5. The number of nitrogens with one attached hydrogen (secondary N) is 3. The monoisotopic (exact) mass is 415 g/mol. The number of anilines is 1. The lowest BCUT2D eigenvalue weighted by Gasteiger charge is -2.12. The van der Waals surface area contributed by atoms with Gasteiger partial charge in [0.15, 0.2) is 5.96 Å². The number of rotatable bonds is 12. The summed E-state index contributed by atoms with van der Waals surface area (Å²) in [5, 5.41) is 9.47. The topological polar surface area (TPSA) is 91.1 Å². The van der Waals surface area contributed by atoms with Crippen molar-refractivity contribution in [1.29, 1.82) is 0 Å². The summed E-state index contributed by atoms with van der Waals surface area (Å²) in [6.45, 7) is 5.56. The van der Waals surface area contributed by atoms with E-state index >= 15 is 0 Å². The van der Waals surface area contributed by atoms with Gasteiger partial charge in [-0.05, 0) is 57.3 Å². The highest BCUT2D eigenvalue weighted by Crippen LogP contribution is 2.11. The Morgan fingerprint density at radius 1 is 1.20 bits per heavy atom. The number of likely N-dealkylation sites (N-methyl/N-ethyl adjacent to an activating group) is 1. The van der Waals surface area contributed by atoms with E-state index < -0.39 is 0 Å². The predicted molar refractivity (Wildman–Crippen MR) is 119 cm³/mol. The van der Waals surface area contributed by atoms with Crippen molar-refractivity contribution in [2.24, 2.45) is 4.99 Å². The van der Waals surface area contributed by atoms with Crippen molar-refractivity contribution in [1.82, 2.24) is 15.5 Å². The highest BCUT2D eigenvalue weighted by atomic mass is 16.5. The number of hydrogen-bond acceptors (Lipinski definition) is 5. The van der Waals surface area contributed by atoms with Crippen LogP contribution in [0.3, 0.4) is 0 Å². The molecule has 1 aromatic carbocycles. The van der Waals surface area contributed by atoms with Crippen LogP contribution < -0.4 is 16.0 Å².